The van der Waals surface area contributed by atoms with E-state index in [0.717, 1.165) is 34.9 Å². The Morgan fingerprint density at radius 2 is 2.11 bits per heavy atom. The lowest BCUT2D eigenvalue weighted by Gasteiger charge is -2.37. The van der Waals surface area contributed by atoms with Crippen LogP contribution in [-0.4, -0.2) is 71.1 Å². The van der Waals surface area contributed by atoms with Crippen LogP contribution in [0.5, 0.6) is 6.01 Å². The third-order valence-electron chi connectivity index (χ3n) is 5.02. The summed E-state index contributed by atoms with van der Waals surface area (Å²) in [5.41, 5.74) is 1.51. The fourth-order valence-electron chi connectivity index (χ4n) is 3.30. The molecule has 3 heterocycles. The van der Waals surface area contributed by atoms with Gasteiger partial charge in [0.1, 0.15) is 17.5 Å². The van der Waals surface area contributed by atoms with E-state index in [1.165, 1.54) is 11.3 Å². The maximum atomic E-state index is 9.75. The van der Waals surface area contributed by atoms with Crippen LogP contribution in [0.4, 0.5) is 0 Å². The lowest BCUT2D eigenvalue weighted by Crippen LogP contribution is -2.52. The van der Waals surface area contributed by atoms with Gasteiger partial charge in [0.05, 0.1) is 28.0 Å². The second kappa shape index (κ2) is 8.19. The molecule has 4 rings (SSSR count). The predicted octanol–water partition coefficient (Wildman–Crippen LogP) is 2.37. The molecule has 7 nitrogen and oxygen atoms in total. The second-order valence-electron chi connectivity index (χ2n) is 7.05. The standard InChI is InChI=1S/C20H22N6OS/c1-25-9-10-26(2)14(12-25)13-27-20-22-8-7-16(24-20)15(11-21)19-23-17-5-3-4-6-18(17)28-19/h3-8,14-15H,9-10,12-13H2,1-2H3. The summed E-state index contributed by atoms with van der Waals surface area (Å²) in [5.74, 6) is -0.536. The first-order valence-corrected chi connectivity index (χ1v) is 10.1. The van der Waals surface area contributed by atoms with Gasteiger partial charge >= 0.3 is 6.01 Å². The van der Waals surface area contributed by atoms with Crippen molar-refractivity contribution >= 4 is 21.6 Å². The Bertz CT molecular complexity index is 967. The van der Waals surface area contributed by atoms with Crippen LogP contribution >= 0.6 is 11.3 Å². The minimum absolute atomic E-state index is 0.294. The van der Waals surface area contributed by atoms with Crippen LogP contribution in [-0.2, 0) is 0 Å². The van der Waals surface area contributed by atoms with Gasteiger partial charge in [-0.2, -0.15) is 10.2 Å². The van der Waals surface area contributed by atoms with E-state index in [0.29, 0.717) is 24.4 Å². The average molecular weight is 395 g/mol. The minimum Gasteiger partial charge on any atom is -0.462 e. The first-order chi connectivity index (χ1) is 13.6. The van der Waals surface area contributed by atoms with Crippen molar-refractivity contribution in [3.05, 3.63) is 47.2 Å². The number of ether oxygens (including phenoxy) is 1. The van der Waals surface area contributed by atoms with E-state index in [2.05, 4.69) is 44.9 Å². The van der Waals surface area contributed by atoms with Gasteiger partial charge in [0.2, 0.25) is 0 Å². The summed E-state index contributed by atoms with van der Waals surface area (Å²) in [5, 5.41) is 10.5. The van der Waals surface area contributed by atoms with Crippen LogP contribution in [0, 0.1) is 11.3 Å². The highest BCUT2D eigenvalue weighted by atomic mass is 32.1. The molecule has 2 atom stereocenters. The number of fused-ring (bicyclic) bond motifs is 1. The Hall–Kier alpha value is -2.60. The van der Waals surface area contributed by atoms with Crippen molar-refractivity contribution in [3.63, 3.8) is 0 Å². The molecule has 1 aliphatic rings. The minimum atomic E-state index is -0.536. The largest absolute Gasteiger partial charge is 0.462 e. The third kappa shape index (κ3) is 3.97. The lowest BCUT2D eigenvalue weighted by molar-refractivity contribution is 0.0749. The molecule has 2 aromatic heterocycles. The average Bonchev–Trinajstić information content (AvgIpc) is 3.13. The summed E-state index contributed by atoms with van der Waals surface area (Å²) in [7, 11) is 4.23. The molecule has 0 N–H and O–H groups in total. The number of para-hydroxylation sites is 1. The number of thiazole rings is 1. The highest BCUT2D eigenvalue weighted by Crippen LogP contribution is 2.30. The smallest absolute Gasteiger partial charge is 0.316 e. The van der Waals surface area contributed by atoms with Crippen LogP contribution in [0.25, 0.3) is 10.2 Å². The lowest BCUT2D eigenvalue weighted by atomic mass is 10.1. The van der Waals surface area contributed by atoms with Crippen molar-refractivity contribution < 1.29 is 4.74 Å². The van der Waals surface area contributed by atoms with Crippen molar-refractivity contribution in [1.29, 1.82) is 5.26 Å². The van der Waals surface area contributed by atoms with E-state index in [4.69, 9.17) is 4.74 Å². The molecule has 2 unspecified atom stereocenters. The van der Waals surface area contributed by atoms with Gasteiger partial charge in [0, 0.05) is 25.8 Å². The van der Waals surface area contributed by atoms with Gasteiger partial charge in [-0.05, 0) is 32.3 Å². The van der Waals surface area contributed by atoms with Crippen molar-refractivity contribution in [1.82, 2.24) is 24.8 Å². The molecule has 1 saturated heterocycles. The van der Waals surface area contributed by atoms with E-state index in [-0.39, 0.29) is 0 Å². The first-order valence-electron chi connectivity index (χ1n) is 9.23. The van der Waals surface area contributed by atoms with Crippen molar-refractivity contribution in [2.75, 3.05) is 40.3 Å². The summed E-state index contributed by atoms with van der Waals surface area (Å²) < 4.78 is 6.94. The topological polar surface area (TPSA) is 78.2 Å². The van der Waals surface area contributed by atoms with Crippen LogP contribution < -0.4 is 4.74 Å². The van der Waals surface area contributed by atoms with E-state index in [1.54, 1.807) is 12.3 Å². The number of piperazine rings is 1. The van der Waals surface area contributed by atoms with Crippen molar-refractivity contribution in [3.8, 4) is 12.1 Å². The van der Waals surface area contributed by atoms with Crippen molar-refractivity contribution in [2.24, 2.45) is 0 Å². The zero-order valence-electron chi connectivity index (χ0n) is 15.9. The maximum absolute atomic E-state index is 9.75. The monoisotopic (exact) mass is 394 g/mol. The second-order valence-corrected chi connectivity index (χ2v) is 8.12. The zero-order valence-corrected chi connectivity index (χ0v) is 16.8. The number of likely N-dealkylation sites (N-methyl/N-ethyl adjacent to an activating group) is 2. The number of nitriles is 1. The van der Waals surface area contributed by atoms with Gasteiger partial charge < -0.3 is 9.64 Å². The highest BCUT2D eigenvalue weighted by Gasteiger charge is 2.24. The fourth-order valence-corrected chi connectivity index (χ4v) is 4.32. The predicted molar refractivity (Wildman–Crippen MR) is 109 cm³/mol. The summed E-state index contributed by atoms with van der Waals surface area (Å²) in [6, 6.07) is 12.6. The fraction of sp³-hybridized carbons (Fsp3) is 0.400. The van der Waals surface area contributed by atoms with E-state index in [1.807, 2.05) is 24.3 Å². The molecule has 3 aromatic rings. The van der Waals surface area contributed by atoms with Crippen LogP contribution in [0.3, 0.4) is 0 Å². The molecule has 0 aliphatic carbocycles. The molecule has 0 amide bonds. The molecule has 0 spiro atoms. The molecule has 144 valence electrons. The van der Waals surface area contributed by atoms with Crippen LogP contribution in [0.1, 0.15) is 16.6 Å². The number of hydrogen-bond donors (Lipinski definition) is 0. The Balaban J connectivity index is 1.51. The Labute approximate surface area is 168 Å². The molecule has 1 aliphatic heterocycles. The van der Waals surface area contributed by atoms with Crippen LogP contribution in [0.15, 0.2) is 36.5 Å². The van der Waals surface area contributed by atoms with Crippen molar-refractivity contribution in [2.45, 2.75) is 12.0 Å². The van der Waals surface area contributed by atoms with Gasteiger partial charge in [-0.1, -0.05) is 12.1 Å². The Morgan fingerprint density at radius 3 is 2.93 bits per heavy atom. The quantitative estimate of drug-likeness (QED) is 0.657. The SMILES string of the molecule is CN1CCN(C)C(COc2nccc(C(C#N)c3nc4ccccc4s3)n2)C1. The number of benzene rings is 1. The van der Waals surface area contributed by atoms with E-state index >= 15 is 0 Å². The molecule has 0 bridgehead atoms. The number of rotatable bonds is 5. The Morgan fingerprint density at radius 1 is 1.25 bits per heavy atom. The first kappa shape index (κ1) is 18.7. The molecule has 0 radical (unpaired) electrons. The summed E-state index contributed by atoms with van der Waals surface area (Å²) >= 11 is 1.52. The van der Waals surface area contributed by atoms with E-state index < -0.39 is 5.92 Å². The van der Waals surface area contributed by atoms with Gasteiger partial charge in [0.15, 0.2) is 0 Å². The number of hydrogen-bond acceptors (Lipinski definition) is 8. The Kier molecular flexibility index (Phi) is 5.48. The summed E-state index contributed by atoms with van der Waals surface area (Å²) in [6.07, 6.45) is 1.64. The molecule has 28 heavy (non-hydrogen) atoms. The third-order valence-corrected chi connectivity index (χ3v) is 6.12. The summed E-state index contributed by atoms with van der Waals surface area (Å²) in [4.78, 5) is 17.9. The van der Waals surface area contributed by atoms with Gasteiger partial charge in [0.25, 0.3) is 0 Å². The van der Waals surface area contributed by atoms with E-state index in [9.17, 15) is 5.26 Å². The zero-order chi connectivity index (χ0) is 19.5. The number of nitrogens with zero attached hydrogens (tertiary/aromatic N) is 6. The molecular weight excluding hydrogens is 372 g/mol. The molecular formula is C20H22N6OS. The number of aromatic nitrogens is 3. The van der Waals surface area contributed by atoms with Gasteiger partial charge in [-0.25, -0.2) is 9.97 Å². The normalized spacial score (nSPS) is 19.4. The maximum Gasteiger partial charge on any atom is 0.316 e. The summed E-state index contributed by atoms with van der Waals surface area (Å²) in [6.45, 7) is 3.54. The van der Waals surface area contributed by atoms with Gasteiger partial charge in [-0.3, -0.25) is 4.90 Å². The van der Waals surface area contributed by atoms with Gasteiger partial charge in [-0.15, -0.1) is 11.3 Å². The highest BCUT2D eigenvalue weighted by molar-refractivity contribution is 7.18. The molecule has 1 fully saturated rings. The molecule has 8 heteroatoms. The molecule has 0 saturated carbocycles. The van der Waals surface area contributed by atoms with Crippen LogP contribution in [0.2, 0.25) is 0 Å². The molecule has 1 aromatic carbocycles.